The van der Waals surface area contributed by atoms with Crippen molar-refractivity contribution in [1.82, 2.24) is 5.43 Å². The predicted octanol–water partition coefficient (Wildman–Crippen LogP) is 5.20. The Hall–Kier alpha value is -0.860. The van der Waals surface area contributed by atoms with E-state index in [2.05, 4.69) is 24.4 Å². The molecule has 118 valence electrons. The molecular weight excluding hydrogens is 248 g/mol. The van der Waals surface area contributed by atoms with Gasteiger partial charge in [-0.1, -0.05) is 65.2 Å². The molecular formula is C17H34N2O. The Morgan fingerprint density at radius 1 is 0.800 bits per heavy atom. The molecule has 0 aliphatic heterocycles. The third-order valence-corrected chi connectivity index (χ3v) is 3.52. The minimum absolute atomic E-state index is 0.0619. The van der Waals surface area contributed by atoms with Crippen molar-refractivity contribution < 1.29 is 4.79 Å². The Bertz CT molecular complexity index is 262. The van der Waals surface area contributed by atoms with E-state index in [0.717, 1.165) is 31.4 Å². The van der Waals surface area contributed by atoms with Crippen molar-refractivity contribution in [3.63, 3.8) is 0 Å². The molecule has 0 rings (SSSR count). The van der Waals surface area contributed by atoms with Crippen LogP contribution in [-0.2, 0) is 4.79 Å². The summed E-state index contributed by atoms with van der Waals surface area (Å²) in [6, 6.07) is 0. The summed E-state index contributed by atoms with van der Waals surface area (Å²) in [6.07, 6.45) is 14.0. The van der Waals surface area contributed by atoms with E-state index in [-0.39, 0.29) is 5.91 Å². The zero-order valence-electron chi connectivity index (χ0n) is 13.8. The highest BCUT2D eigenvalue weighted by Gasteiger charge is 2.00. The minimum atomic E-state index is 0.0619. The molecule has 0 aromatic rings. The SMILES string of the molecule is CCCCCCCCCCC(=O)NN=C(C)CCCC. The molecule has 0 radical (unpaired) electrons. The highest BCUT2D eigenvalue weighted by atomic mass is 16.2. The van der Waals surface area contributed by atoms with Gasteiger partial charge < -0.3 is 0 Å². The fourth-order valence-electron chi connectivity index (χ4n) is 2.12. The third-order valence-electron chi connectivity index (χ3n) is 3.52. The van der Waals surface area contributed by atoms with Gasteiger partial charge in [0.25, 0.3) is 0 Å². The first-order valence-electron chi connectivity index (χ1n) is 8.52. The Morgan fingerprint density at radius 3 is 1.95 bits per heavy atom. The van der Waals surface area contributed by atoms with Crippen LogP contribution in [0.4, 0.5) is 0 Å². The Labute approximate surface area is 125 Å². The lowest BCUT2D eigenvalue weighted by Crippen LogP contribution is -2.18. The second-order valence-electron chi connectivity index (χ2n) is 5.71. The van der Waals surface area contributed by atoms with Crippen LogP contribution in [-0.4, -0.2) is 11.6 Å². The number of hydrogen-bond acceptors (Lipinski definition) is 2. The highest BCUT2D eigenvalue weighted by Crippen LogP contribution is 2.09. The lowest BCUT2D eigenvalue weighted by atomic mass is 10.1. The second-order valence-corrected chi connectivity index (χ2v) is 5.71. The van der Waals surface area contributed by atoms with Gasteiger partial charge in [-0.05, 0) is 26.2 Å². The van der Waals surface area contributed by atoms with Crippen molar-refractivity contribution in [2.24, 2.45) is 5.10 Å². The Kier molecular flexibility index (Phi) is 13.9. The van der Waals surface area contributed by atoms with Crippen LogP contribution < -0.4 is 5.43 Å². The Morgan fingerprint density at radius 2 is 1.35 bits per heavy atom. The average molecular weight is 282 g/mol. The number of carbonyl (C=O) groups excluding carboxylic acids is 1. The molecule has 0 atom stereocenters. The first kappa shape index (κ1) is 19.1. The van der Waals surface area contributed by atoms with E-state index in [1.54, 1.807) is 0 Å². The maximum atomic E-state index is 11.6. The normalized spacial score (nSPS) is 11.7. The standard InChI is InChI=1S/C17H34N2O/c1-4-6-8-9-10-11-12-13-15-17(20)19-18-16(3)14-7-5-2/h4-15H2,1-3H3,(H,19,20). The van der Waals surface area contributed by atoms with Gasteiger partial charge in [0.1, 0.15) is 0 Å². The summed E-state index contributed by atoms with van der Waals surface area (Å²) in [6.45, 7) is 6.38. The van der Waals surface area contributed by atoms with E-state index in [9.17, 15) is 4.79 Å². The molecule has 0 aliphatic rings. The van der Waals surface area contributed by atoms with Gasteiger partial charge in [0.05, 0.1) is 0 Å². The van der Waals surface area contributed by atoms with Crippen molar-refractivity contribution in [1.29, 1.82) is 0 Å². The molecule has 20 heavy (non-hydrogen) atoms. The number of nitrogens with one attached hydrogen (secondary N) is 1. The smallest absolute Gasteiger partial charge is 0.240 e. The summed E-state index contributed by atoms with van der Waals surface area (Å²) < 4.78 is 0. The molecule has 1 amide bonds. The summed E-state index contributed by atoms with van der Waals surface area (Å²) >= 11 is 0. The fraction of sp³-hybridized carbons (Fsp3) is 0.882. The fourth-order valence-corrected chi connectivity index (χ4v) is 2.12. The van der Waals surface area contributed by atoms with Gasteiger partial charge in [0.15, 0.2) is 0 Å². The molecule has 1 N–H and O–H groups in total. The number of amides is 1. The molecule has 3 heteroatoms. The number of carbonyl (C=O) groups is 1. The molecule has 0 bridgehead atoms. The van der Waals surface area contributed by atoms with Gasteiger partial charge in [-0.15, -0.1) is 0 Å². The number of hydrazone groups is 1. The van der Waals surface area contributed by atoms with Crippen LogP contribution in [0.1, 0.15) is 97.8 Å². The van der Waals surface area contributed by atoms with Crippen molar-refractivity contribution >= 4 is 11.6 Å². The zero-order valence-corrected chi connectivity index (χ0v) is 13.8. The van der Waals surface area contributed by atoms with Crippen LogP contribution >= 0.6 is 0 Å². The summed E-state index contributed by atoms with van der Waals surface area (Å²) in [5.41, 5.74) is 3.68. The molecule has 0 aliphatic carbocycles. The van der Waals surface area contributed by atoms with Gasteiger partial charge in [0, 0.05) is 12.1 Å². The molecule has 0 aromatic carbocycles. The van der Waals surface area contributed by atoms with E-state index >= 15 is 0 Å². The summed E-state index contributed by atoms with van der Waals surface area (Å²) in [5.74, 6) is 0.0619. The van der Waals surface area contributed by atoms with Gasteiger partial charge in [0.2, 0.25) is 5.91 Å². The Balaban J connectivity index is 3.40. The molecule has 3 nitrogen and oxygen atoms in total. The maximum absolute atomic E-state index is 11.6. The monoisotopic (exact) mass is 282 g/mol. The number of rotatable bonds is 13. The zero-order chi connectivity index (χ0) is 15.1. The largest absolute Gasteiger partial charge is 0.273 e. The number of hydrogen-bond donors (Lipinski definition) is 1. The van der Waals surface area contributed by atoms with Crippen molar-refractivity contribution in [3.05, 3.63) is 0 Å². The van der Waals surface area contributed by atoms with Crippen LogP contribution in [0.25, 0.3) is 0 Å². The average Bonchev–Trinajstić information content (AvgIpc) is 2.45. The third kappa shape index (κ3) is 13.6. The highest BCUT2D eigenvalue weighted by molar-refractivity contribution is 5.84. The summed E-state index contributed by atoms with van der Waals surface area (Å²) in [7, 11) is 0. The first-order chi connectivity index (χ1) is 9.70. The van der Waals surface area contributed by atoms with Gasteiger partial charge >= 0.3 is 0 Å². The van der Waals surface area contributed by atoms with Crippen molar-refractivity contribution in [2.45, 2.75) is 97.8 Å². The lowest BCUT2D eigenvalue weighted by molar-refractivity contribution is -0.121. The molecule has 0 saturated carbocycles. The topological polar surface area (TPSA) is 41.5 Å². The van der Waals surface area contributed by atoms with Crippen LogP contribution in [0, 0.1) is 0 Å². The van der Waals surface area contributed by atoms with E-state index in [0.29, 0.717) is 6.42 Å². The molecule has 0 aromatic heterocycles. The molecule has 0 heterocycles. The minimum Gasteiger partial charge on any atom is -0.273 e. The second kappa shape index (κ2) is 14.5. The predicted molar refractivity (Wildman–Crippen MR) is 88.0 cm³/mol. The van der Waals surface area contributed by atoms with Crippen LogP contribution in [0.3, 0.4) is 0 Å². The summed E-state index contributed by atoms with van der Waals surface area (Å²) in [4.78, 5) is 11.6. The van der Waals surface area contributed by atoms with E-state index < -0.39 is 0 Å². The number of nitrogens with zero attached hydrogens (tertiary/aromatic N) is 1. The van der Waals surface area contributed by atoms with Crippen LogP contribution in [0.2, 0.25) is 0 Å². The quantitative estimate of drug-likeness (QED) is 0.281. The molecule has 0 fully saturated rings. The van der Waals surface area contributed by atoms with E-state index in [1.165, 1.54) is 44.9 Å². The lowest BCUT2D eigenvalue weighted by Gasteiger charge is -2.03. The molecule has 0 spiro atoms. The first-order valence-corrected chi connectivity index (χ1v) is 8.52. The van der Waals surface area contributed by atoms with Gasteiger partial charge in [-0.3, -0.25) is 4.79 Å². The van der Waals surface area contributed by atoms with E-state index in [4.69, 9.17) is 0 Å². The van der Waals surface area contributed by atoms with Crippen LogP contribution in [0.5, 0.6) is 0 Å². The van der Waals surface area contributed by atoms with Crippen molar-refractivity contribution in [2.75, 3.05) is 0 Å². The van der Waals surface area contributed by atoms with E-state index in [1.807, 2.05) is 6.92 Å². The molecule has 0 saturated heterocycles. The molecule has 0 unspecified atom stereocenters. The maximum Gasteiger partial charge on any atom is 0.240 e. The number of unbranched alkanes of at least 4 members (excludes halogenated alkanes) is 8. The van der Waals surface area contributed by atoms with Crippen LogP contribution in [0.15, 0.2) is 5.10 Å². The van der Waals surface area contributed by atoms with Crippen molar-refractivity contribution in [3.8, 4) is 0 Å². The summed E-state index contributed by atoms with van der Waals surface area (Å²) in [5, 5.41) is 4.13. The van der Waals surface area contributed by atoms with Gasteiger partial charge in [-0.2, -0.15) is 5.10 Å². The van der Waals surface area contributed by atoms with Gasteiger partial charge in [-0.25, -0.2) is 5.43 Å².